The molecule has 0 aliphatic carbocycles. The van der Waals surface area contributed by atoms with Crippen molar-refractivity contribution in [1.82, 2.24) is 14.9 Å². The Labute approximate surface area is 276 Å². The van der Waals surface area contributed by atoms with Gasteiger partial charge in [0.25, 0.3) is 0 Å². The summed E-state index contributed by atoms with van der Waals surface area (Å²) in [6, 6.07) is 22.4. The number of carbonyl (C=O) groups is 1. The van der Waals surface area contributed by atoms with Gasteiger partial charge >= 0.3 is 0 Å². The van der Waals surface area contributed by atoms with E-state index in [1.165, 1.54) is 5.69 Å². The number of nitrogens with zero attached hydrogens (tertiary/aromatic N) is 4. The summed E-state index contributed by atoms with van der Waals surface area (Å²) in [7, 11) is 1.61. The smallest absolute Gasteiger partial charge is 0.229 e. The van der Waals surface area contributed by atoms with Crippen LogP contribution in [-0.4, -0.2) is 54.0 Å². The van der Waals surface area contributed by atoms with E-state index in [2.05, 4.69) is 69.2 Å². The van der Waals surface area contributed by atoms with E-state index in [9.17, 15) is 4.79 Å². The number of hydrogen-bond acceptors (Lipinski definition) is 6. The normalized spacial score (nSPS) is 18.4. The van der Waals surface area contributed by atoms with Crippen molar-refractivity contribution in [3.05, 3.63) is 95.6 Å². The number of nitrogens with one attached hydrogen (secondary N) is 2. The summed E-state index contributed by atoms with van der Waals surface area (Å²) in [6.45, 7) is 13.3. The summed E-state index contributed by atoms with van der Waals surface area (Å²) in [5.41, 5.74) is 7.52. The maximum atomic E-state index is 12.8. The van der Waals surface area contributed by atoms with Gasteiger partial charge in [-0.05, 0) is 86.2 Å². The molecular weight excluding hydrogens is 597 g/mol. The third-order valence-corrected chi connectivity index (χ3v) is 9.08. The number of anilines is 3. The van der Waals surface area contributed by atoms with E-state index < -0.39 is 5.41 Å². The predicted octanol–water partition coefficient (Wildman–Crippen LogP) is 6.50. The monoisotopic (exact) mass is 638 g/mol. The Kier molecular flexibility index (Phi) is 8.76. The molecular formula is C36H42N6O3S. The molecule has 2 aromatic carbocycles. The predicted molar refractivity (Wildman–Crippen MR) is 187 cm³/mol. The van der Waals surface area contributed by atoms with Crippen LogP contribution in [0.15, 0.2) is 72.9 Å². The highest BCUT2D eigenvalue weighted by Gasteiger charge is 2.42. The van der Waals surface area contributed by atoms with Gasteiger partial charge in [-0.25, -0.2) is 0 Å². The Morgan fingerprint density at radius 3 is 2.35 bits per heavy atom. The number of carbonyl (C=O) groups excluding carboxylic acids is 1. The molecule has 2 aromatic heterocycles. The molecule has 2 atom stereocenters. The molecule has 2 N–H and O–H groups in total. The van der Waals surface area contributed by atoms with Gasteiger partial charge in [0.1, 0.15) is 5.75 Å². The number of pyridine rings is 1. The van der Waals surface area contributed by atoms with Crippen LogP contribution in [0.4, 0.5) is 17.1 Å². The minimum absolute atomic E-state index is 0.0876. The van der Waals surface area contributed by atoms with Crippen molar-refractivity contribution in [1.29, 1.82) is 0 Å². The third-order valence-electron chi connectivity index (χ3n) is 8.76. The quantitative estimate of drug-likeness (QED) is 0.222. The first-order valence-electron chi connectivity index (χ1n) is 15.7. The second kappa shape index (κ2) is 12.8. The maximum Gasteiger partial charge on any atom is 0.229 e. The van der Waals surface area contributed by atoms with Gasteiger partial charge in [-0.1, -0.05) is 26.8 Å². The molecule has 0 unspecified atom stereocenters. The highest BCUT2D eigenvalue weighted by Crippen LogP contribution is 2.45. The molecule has 4 aromatic rings. The Hall–Kier alpha value is -4.41. The second-order valence-electron chi connectivity index (χ2n) is 12.9. The van der Waals surface area contributed by atoms with Crippen LogP contribution in [0.25, 0.3) is 5.69 Å². The zero-order chi connectivity index (χ0) is 32.6. The van der Waals surface area contributed by atoms with Crippen LogP contribution >= 0.6 is 12.2 Å². The standard InChI is InChI=1S/C36H42N6O3S/c1-23-21-28(24(2)41(23)26-12-10-25(11-13-26)40-17-19-45-20-18-40)33-32(30-9-7-8-16-37-30)39-35(46)42(33)27-14-15-29(31(22-27)44-6)38-34(43)36(3,4)5/h7-16,21-22,32-33H,17-20H2,1-6H3,(H,38,43)(H,39,46)/t32-,33-/m1/s1. The number of methoxy groups -OCH3 is 1. The summed E-state index contributed by atoms with van der Waals surface area (Å²) in [5, 5.41) is 7.18. The lowest BCUT2D eigenvalue weighted by Crippen LogP contribution is -2.36. The van der Waals surface area contributed by atoms with E-state index in [1.54, 1.807) is 7.11 Å². The van der Waals surface area contributed by atoms with Crippen molar-refractivity contribution in [3.63, 3.8) is 0 Å². The Balaban J connectivity index is 1.40. The third kappa shape index (κ3) is 6.07. The minimum Gasteiger partial charge on any atom is -0.494 e. The van der Waals surface area contributed by atoms with Crippen LogP contribution in [0.1, 0.15) is 55.5 Å². The van der Waals surface area contributed by atoms with Gasteiger partial charge in [0.2, 0.25) is 5.91 Å². The summed E-state index contributed by atoms with van der Waals surface area (Å²) in [5.74, 6) is 0.471. The molecule has 4 heterocycles. The van der Waals surface area contributed by atoms with Gasteiger partial charge in [0.15, 0.2) is 5.11 Å². The Bertz CT molecular complexity index is 1730. The number of thiocarbonyl (C=S) groups is 1. The molecule has 2 saturated heterocycles. The zero-order valence-electron chi connectivity index (χ0n) is 27.3. The topological polar surface area (TPSA) is 83.9 Å². The molecule has 240 valence electrons. The van der Waals surface area contributed by atoms with Crippen molar-refractivity contribution < 1.29 is 14.3 Å². The van der Waals surface area contributed by atoms with Gasteiger partial charge in [0.05, 0.1) is 43.8 Å². The van der Waals surface area contributed by atoms with Crippen molar-refractivity contribution in [2.75, 3.05) is 48.5 Å². The van der Waals surface area contributed by atoms with Crippen LogP contribution in [-0.2, 0) is 9.53 Å². The molecule has 2 aliphatic heterocycles. The number of benzene rings is 2. The fraction of sp³-hybridized carbons (Fsp3) is 0.361. The van der Waals surface area contributed by atoms with E-state index in [0.29, 0.717) is 16.5 Å². The molecule has 0 radical (unpaired) electrons. The summed E-state index contributed by atoms with van der Waals surface area (Å²) in [6.07, 6.45) is 1.81. The van der Waals surface area contributed by atoms with Gasteiger partial charge in [-0.2, -0.15) is 0 Å². The molecule has 10 heteroatoms. The lowest BCUT2D eigenvalue weighted by Gasteiger charge is -2.29. The zero-order valence-corrected chi connectivity index (χ0v) is 28.1. The molecule has 46 heavy (non-hydrogen) atoms. The van der Waals surface area contributed by atoms with Crippen LogP contribution in [0.2, 0.25) is 0 Å². The molecule has 6 rings (SSSR count). The molecule has 0 saturated carbocycles. The van der Waals surface area contributed by atoms with Crippen LogP contribution in [0.5, 0.6) is 5.75 Å². The number of ether oxygens (including phenoxy) is 2. The van der Waals surface area contributed by atoms with Crippen molar-refractivity contribution in [3.8, 4) is 11.4 Å². The van der Waals surface area contributed by atoms with Crippen LogP contribution in [0, 0.1) is 19.3 Å². The minimum atomic E-state index is -0.545. The molecule has 1 amide bonds. The highest BCUT2D eigenvalue weighted by atomic mass is 32.1. The Morgan fingerprint density at radius 1 is 1.00 bits per heavy atom. The molecule has 9 nitrogen and oxygen atoms in total. The Morgan fingerprint density at radius 2 is 1.70 bits per heavy atom. The molecule has 2 fully saturated rings. The lowest BCUT2D eigenvalue weighted by molar-refractivity contribution is -0.123. The summed E-state index contributed by atoms with van der Waals surface area (Å²) < 4.78 is 13.6. The number of hydrogen-bond donors (Lipinski definition) is 2. The van der Waals surface area contributed by atoms with Crippen molar-refractivity contribution >= 4 is 40.3 Å². The van der Waals surface area contributed by atoms with Gasteiger partial charge in [0, 0.05) is 59.2 Å². The summed E-state index contributed by atoms with van der Waals surface area (Å²) in [4.78, 5) is 22.0. The maximum absolute atomic E-state index is 12.8. The van der Waals surface area contributed by atoms with Gasteiger partial charge < -0.3 is 34.5 Å². The number of morpholine rings is 1. The fourth-order valence-corrected chi connectivity index (χ4v) is 6.66. The van der Waals surface area contributed by atoms with Crippen molar-refractivity contribution in [2.45, 2.75) is 46.7 Å². The number of aromatic nitrogens is 2. The molecule has 2 aliphatic rings. The fourth-order valence-electron chi connectivity index (χ4n) is 6.31. The number of aryl methyl sites for hydroxylation is 1. The first kappa shape index (κ1) is 31.6. The van der Waals surface area contributed by atoms with Crippen LogP contribution < -0.4 is 25.2 Å². The highest BCUT2D eigenvalue weighted by molar-refractivity contribution is 7.80. The van der Waals surface area contributed by atoms with Crippen molar-refractivity contribution in [2.24, 2.45) is 5.41 Å². The van der Waals surface area contributed by atoms with Gasteiger partial charge in [-0.15, -0.1) is 0 Å². The van der Waals surface area contributed by atoms with E-state index in [4.69, 9.17) is 26.7 Å². The molecule has 0 bridgehead atoms. The van der Waals surface area contributed by atoms with Gasteiger partial charge in [-0.3, -0.25) is 9.78 Å². The SMILES string of the molecule is COc1cc(N2C(=S)N[C@H](c3ccccn3)[C@H]2c2cc(C)n(-c3ccc(N4CCOCC4)cc3)c2C)ccc1NC(=O)C(C)(C)C. The number of amides is 1. The number of rotatable bonds is 7. The average Bonchev–Trinajstić information content (AvgIpc) is 3.56. The second-order valence-corrected chi connectivity index (χ2v) is 13.2. The average molecular weight is 639 g/mol. The van der Waals surface area contributed by atoms with E-state index in [1.807, 2.05) is 63.4 Å². The first-order valence-corrected chi connectivity index (χ1v) is 16.1. The van der Waals surface area contributed by atoms with E-state index >= 15 is 0 Å². The lowest BCUT2D eigenvalue weighted by atomic mass is 9.95. The van der Waals surface area contributed by atoms with E-state index in [-0.39, 0.29) is 18.0 Å². The van der Waals surface area contributed by atoms with E-state index in [0.717, 1.165) is 60.3 Å². The first-order chi connectivity index (χ1) is 22.1. The summed E-state index contributed by atoms with van der Waals surface area (Å²) >= 11 is 6.02. The largest absolute Gasteiger partial charge is 0.494 e. The molecule has 0 spiro atoms. The van der Waals surface area contributed by atoms with Crippen LogP contribution in [0.3, 0.4) is 0 Å².